The molecule has 0 saturated heterocycles. The van der Waals surface area contributed by atoms with Crippen molar-refractivity contribution in [1.29, 1.82) is 0 Å². The van der Waals surface area contributed by atoms with Gasteiger partial charge in [-0.1, -0.05) is 0 Å². The van der Waals surface area contributed by atoms with Gasteiger partial charge in [0.1, 0.15) is 0 Å². The molecule has 12 heteroatoms. The van der Waals surface area contributed by atoms with Crippen molar-refractivity contribution in [2.45, 2.75) is 56.5 Å². The van der Waals surface area contributed by atoms with E-state index in [2.05, 4.69) is 5.32 Å². The summed E-state index contributed by atoms with van der Waals surface area (Å²) in [5.41, 5.74) is 2.98. The first-order valence-corrected chi connectivity index (χ1v) is 17.2. The zero-order valence-corrected chi connectivity index (χ0v) is 29.1. The third-order valence-corrected chi connectivity index (χ3v) is 9.34. The van der Waals surface area contributed by atoms with Crippen molar-refractivity contribution in [3.63, 3.8) is 0 Å². The number of esters is 2. The predicted molar refractivity (Wildman–Crippen MR) is 176 cm³/mol. The van der Waals surface area contributed by atoms with E-state index in [0.29, 0.717) is 11.6 Å². The predicted octanol–water partition coefficient (Wildman–Crippen LogP) is 6.24. The first-order chi connectivity index (χ1) is 22.4. The number of benzene rings is 3. The average Bonchev–Trinajstić information content (AvgIpc) is 3.38. The molecule has 3 aromatic rings. The Bertz CT molecular complexity index is 1620. The van der Waals surface area contributed by atoms with Gasteiger partial charge in [0.2, 0.25) is 0 Å². The Hall–Kier alpha value is -4.63. The van der Waals surface area contributed by atoms with Crippen LogP contribution in [0.25, 0.3) is 11.1 Å². The number of rotatable bonds is 11. The van der Waals surface area contributed by atoms with E-state index in [0.717, 1.165) is 22.3 Å². The molecule has 0 bridgehead atoms. The Kier molecular flexibility index (Phi) is 11.5. The summed E-state index contributed by atoms with van der Waals surface area (Å²) < 4.78 is 20.2. The van der Waals surface area contributed by atoms with Crippen LogP contribution in [-0.4, -0.2) is 82.3 Å². The van der Waals surface area contributed by atoms with Gasteiger partial charge in [0.25, 0.3) is 0 Å². The number of nitrogens with zero attached hydrogens (tertiary/aromatic N) is 1. The maximum absolute atomic E-state index is 14.4. The maximum atomic E-state index is 14.4. The molecule has 47 heavy (non-hydrogen) atoms. The number of fused-ring (bicyclic) bond motifs is 3. The molecule has 1 N–H and O–H groups in total. The molecule has 1 atom stereocenters. The van der Waals surface area contributed by atoms with Crippen LogP contribution in [0.1, 0.15) is 71.5 Å². The number of nitrogens with one attached hydrogen (secondary N) is 1. The van der Waals surface area contributed by atoms with Crippen molar-refractivity contribution in [2.75, 3.05) is 26.6 Å². The van der Waals surface area contributed by atoms with Crippen LogP contribution < -0.4 is 5.32 Å². The summed E-state index contributed by atoms with van der Waals surface area (Å²) in [6.07, 6.45) is -0.171. The van der Waals surface area contributed by atoms with E-state index >= 15 is 0 Å². The van der Waals surface area contributed by atoms with Crippen LogP contribution in [0.2, 0.25) is 5.21 Å². The Morgan fingerprint density at radius 1 is 0.830 bits per heavy atom. The summed E-state index contributed by atoms with van der Waals surface area (Å²) in [6.45, 7) is 5.40. The number of anilines is 1. The van der Waals surface area contributed by atoms with E-state index in [1.807, 2.05) is 48.5 Å². The van der Waals surface area contributed by atoms with Gasteiger partial charge in [-0.2, -0.15) is 0 Å². The van der Waals surface area contributed by atoms with E-state index in [1.54, 1.807) is 20.8 Å². The van der Waals surface area contributed by atoms with Gasteiger partial charge in [0.05, 0.1) is 0 Å². The van der Waals surface area contributed by atoms with Crippen LogP contribution in [-0.2, 0) is 23.7 Å². The van der Waals surface area contributed by atoms with Crippen molar-refractivity contribution in [3.05, 3.63) is 89.0 Å². The second-order valence-corrected chi connectivity index (χ2v) is 14.1. The number of ether oxygens (including phenoxy) is 4. The van der Waals surface area contributed by atoms with Crippen LogP contribution in [0.4, 0.5) is 15.3 Å². The molecule has 3 aromatic carbocycles. The molecule has 0 spiro atoms. The molecule has 1 aliphatic carbocycles. The van der Waals surface area contributed by atoms with Gasteiger partial charge in [0.15, 0.2) is 0 Å². The Morgan fingerprint density at radius 2 is 1.43 bits per heavy atom. The molecule has 11 nitrogen and oxygen atoms in total. The first-order valence-electron chi connectivity index (χ1n) is 15.0. The minimum atomic E-state index is -1.13. The Balaban J connectivity index is 1.76. The van der Waals surface area contributed by atoms with Crippen LogP contribution in [0, 0.1) is 0 Å². The molecule has 0 fully saturated rings. The van der Waals surface area contributed by atoms with Crippen molar-refractivity contribution < 1.29 is 42.9 Å². The fraction of sp³-hybridized carbons (Fsp3) is 0.343. The summed E-state index contributed by atoms with van der Waals surface area (Å²) in [4.78, 5) is 67.0. The van der Waals surface area contributed by atoms with E-state index in [1.165, 1.54) is 44.4 Å². The second kappa shape index (κ2) is 15.3. The van der Waals surface area contributed by atoms with Crippen molar-refractivity contribution in [2.24, 2.45) is 0 Å². The standard InChI is InChI=1S/C35H38AsN2O9/c1-35(2,3)47-33(42)36-19-11-16-28(30(39)37-27-20-21(31(40)44-4)17-18-26(27)32(41)45-5)38(34(43)46-6)29-24-14-9-7-12-22(24)23-13-8-10-15-25(23)29/h7-10,12-15,17-18,20,28-29H,11,16,19H2,1-6H3,(H,37,39). The molecule has 2 amide bonds. The Morgan fingerprint density at radius 3 is 1.98 bits per heavy atom. The first kappa shape index (κ1) is 35.2. The molecule has 0 heterocycles. The van der Waals surface area contributed by atoms with E-state index in [9.17, 15) is 24.0 Å². The summed E-state index contributed by atoms with van der Waals surface area (Å²) in [7, 11) is 3.67. The quantitative estimate of drug-likeness (QED) is 0.106. The van der Waals surface area contributed by atoms with E-state index in [-0.39, 0.29) is 28.0 Å². The molecule has 1 aliphatic rings. The minimum absolute atomic E-state index is 0.00311. The van der Waals surface area contributed by atoms with E-state index in [4.69, 9.17) is 18.9 Å². The average molecular weight is 706 g/mol. The van der Waals surface area contributed by atoms with Gasteiger partial charge in [0, 0.05) is 0 Å². The molecule has 1 unspecified atom stereocenters. The number of amides is 2. The third-order valence-electron chi connectivity index (χ3n) is 7.48. The molecule has 1 radical (unpaired) electrons. The molecular weight excluding hydrogens is 667 g/mol. The van der Waals surface area contributed by atoms with Gasteiger partial charge in [-0.3, -0.25) is 0 Å². The fourth-order valence-corrected chi connectivity index (χ4v) is 7.30. The summed E-state index contributed by atoms with van der Waals surface area (Å²) in [5.74, 6) is -2.04. The number of carbonyl (C=O) groups is 5. The number of hydrogen-bond acceptors (Lipinski definition) is 9. The van der Waals surface area contributed by atoms with E-state index < -0.39 is 57.4 Å². The zero-order chi connectivity index (χ0) is 34.3. The fourth-order valence-electron chi connectivity index (χ4n) is 5.49. The normalized spacial score (nSPS) is 12.9. The van der Waals surface area contributed by atoms with Crippen LogP contribution >= 0.6 is 0 Å². The van der Waals surface area contributed by atoms with Gasteiger partial charge < -0.3 is 0 Å². The molecule has 0 aliphatic heterocycles. The number of hydrogen-bond donors (Lipinski definition) is 1. The molecule has 4 rings (SSSR count). The van der Waals surface area contributed by atoms with Crippen LogP contribution in [0.15, 0.2) is 66.7 Å². The van der Waals surface area contributed by atoms with Crippen molar-refractivity contribution >= 4 is 50.1 Å². The zero-order valence-electron chi connectivity index (χ0n) is 27.2. The monoisotopic (exact) mass is 705 g/mol. The SMILES string of the molecule is COC(=O)c1ccc(C(=O)OC)c(NC(=O)C(CCC[As]C(=O)OC(C)(C)C)N(C(=O)OC)C2c3ccccc3-c3ccccc32)c1. The molecule has 0 aromatic heterocycles. The topological polar surface area (TPSA) is 138 Å². The van der Waals surface area contributed by atoms with Gasteiger partial charge >= 0.3 is 281 Å². The van der Waals surface area contributed by atoms with Crippen molar-refractivity contribution in [3.8, 4) is 11.1 Å². The second-order valence-electron chi connectivity index (χ2n) is 11.7. The van der Waals surface area contributed by atoms with Gasteiger partial charge in [-0.15, -0.1) is 0 Å². The van der Waals surface area contributed by atoms with Crippen LogP contribution in [0.5, 0.6) is 0 Å². The third kappa shape index (κ3) is 8.21. The number of methoxy groups -OCH3 is 3. The van der Waals surface area contributed by atoms with Gasteiger partial charge in [-0.25, -0.2) is 0 Å². The Labute approximate surface area is 280 Å². The summed E-state index contributed by atoms with van der Waals surface area (Å²) >= 11 is -0.845. The van der Waals surface area contributed by atoms with Crippen molar-refractivity contribution in [1.82, 2.24) is 4.90 Å². The summed E-state index contributed by atoms with van der Waals surface area (Å²) in [5, 5.41) is 3.26. The number of carbonyl (C=O) groups excluding carboxylic acids is 5. The molecule has 0 saturated carbocycles. The molecular formula is C35H38AsN2O9. The molecule has 247 valence electrons. The van der Waals surface area contributed by atoms with Crippen LogP contribution in [0.3, 0.4) is 0 Å². The summed E-state index contributed by atoms with van der Waals surface area (Å²) in [6, 6.07) is 17.6. The van der Waals surface area contributed by atoms with Gasteiger partial charge in [-0.05, 0) is 0 Å².